The van der Waals surface area contributed by atoms with Gasteiger partial charge >= 0.3 is 5.97 Å². The summed E-state index contributed by atoms with van der Waals surface area (Å²) in [4.78, 5) is 26.7. The van der Waals surface area contributed by atoms with Crippen LogP contribution < -0.4 is 9.47 Å². The molecule has 1 amide bonds. The number of aryl methyl sites for hydroxylation is 1. The SMILES string of the molecule is CCOC(=O)CCCCCN1C(=O)/C(=C/c2cc(Br)c(OCc3ccccc3C)c(OCC)c2)SC1=S. The molecule has 1 saturated heterocycles. The van der Waals surface area contributed by atoms with Gasteiger partial charge in [0.15, 0.2) is 11.5 Å². The summed E-state index contributed by atoms with van der Waals surface area (Å²) in [7, 11) is 0. The molecule has 1 fully saturated rings. The van der Waals surface area contributed by atoms with E-state index in [1.54, 1.807) is 11.8 Å². The normalized spacial score (nSPS) is 14.4. The number of thiocarbonyl (C=S) groups is 1. The number of benzene rings is 2. The zero-order valence-electron chi connectivity index (χ0n) is 21.4. The third-order valence-electron chi connectivity index (χ3n) is 5.70. The van der Waals surface area contributed by atoms with Gasteiger partial charge in [0.2, 0.25) is 0 Å². The minimum absolute atomic E-state index is 0.102. The molecule has 37 heavy (non-hydrogen) atoms. The Morgan fingerprint density at radius 3 is 2.62 bits per heavy atom. The van der Waals surface area contributed by atoms with Crippen molar-refractivity contribution in [3.63, 3.8) is 0 Å². The highest BCUT2D eigenvalue weighted by Gasteiger charge is 2.31. The lowest BCUT2D eigenvalue weighted by Gasteiger charge is -2.16. The summed E-state index contributed by atoms with van der Waals surface area (Å²) in [5.41, 5.74) is 3.08. The molecule has 0 atom stereocenters. The van der Waals surface area contributed by atoms with E-state index in [0.717, 1.165) is 40.4 Å². The lowest BCUT2D eigenvalue weighted by atomic mass is 10.1. The molecule has 0 aromatic heterocycles. The van der Waals surface area contributed by atoms with Crippen LogP contribution in [-0.4, -0.2) is 40.9 Å². The minimum Gasteiger partial charge on any atom is -0.490 e. The Bertz CT molecular complexity index is 1170. The third kappa shape index (κ3) is 8.32. The first kappa shape index (κ1) is 29.2. The molecule has 2 aromatic rings. The molecule has 0 radical (unpaired) electrons. The van der Waals surface area contributed by atoms with Crippen LogP contribution in [0.4, 0.5) is 0 Å². The largest absolute Gasteiger partial charge is 0.490 e. The number of halogens is 1. The van der Waals surface area contributed by atoms with Gasteiger partial charge in [0.05, 0.1) is 22.6 Å². The number of esters is 1. The molecular formula is C28H32BrNO5S2. The Labute approximate surface area is 236 Å². The summed E-state index contributed by atoms with van der Waals surface area (Å²) in [6.07, 6.45) is 4.55. The first-order valence-electron chi connectivity index (χ1n) is 12.4. The van der Waals surface area contributed by atoms with Crippen molar-refractivity contribution in [1.82, 2.24) is 4.90 Å². The van der Waals surface area contributed by atoms with Crippen LogP contribution >= 0.6 is 39.9 Å². The summed E-state index contributed by atoms with van der Waals surface area (Å²) < 4.78 is 18.3. The second-order valence-corrected chi connectivity index (χ2v) is 11.0. The number of nitrogens with zero attached hydrogens (tertiary/aromatic N) is 1. The highest BCUT2D eigenvalue weighted by molar-refractivity contribution is 9.10. The molecular weight excluding hydrogens is 574 g/mol. The highest BCUT2D eigenvalue weighted by atomic mass is 79.9. The van der Waals surface area contributed by atoms with E-state index in [1.807, 2.05) is 43.3 Å². The van der Waals surface area contributed by atoms with Crippen molar-refractivity contribution in [3.8, 4) is 11.5 Å². The maximum absolute atomic E-state index is 13.0. The summed E-state index contributed by atoms with van der Waals surface area (Å²) in [5.74, 6) is 0.945. The molecule has 6 nitrogen and oxygen atoms in total. The van der Waals surface area contributed by atoms with E-state index in [9.17, 15) is 9.59 Å². The van der Waals surface area contributed by atoms with Crippen molar-refractivity contribution < 1.29 is 23.8 Å². The zero-order chi connectivity index (χ0) is 26.8. The average Bonchev–Trinajstić information content (AvgIpc) is 3.12. The van der Waals surface area contributed by atoms with Gasteiger partial charge in [-0.1, -0.05) is 54.7 Å². The molecule has 0 unspecified atom stereocenters. The van der Waals surface area contributed by atoms with Crippen molar-refractivity contribution in [2.75, 3.05) is 19.8 Å². The predicted molar refractivity (Wildman–Crippen MR) is 156 cm³/mol. The molecule has 9 heteroatoms. The van der Waals surface area contributed by atoms with Gasteiger partial charge in [0.1, 0.15) is 10.9 Å². The predicted octanol–water partition coefficient (Wildman–Crippen LogP) is 7.06. The lowest BCUT2D eigenvalue weighted by Crippen LogP contribution is -2.29. The Morgan fingerprint density at radius 2 is 1.89 bits per heavy atom. The smallest absolute Gasteiger partial charge is 0.305 e. The maximum Gasteiger partial charge on any atom is 0.305 e. The van der Waals surface area contributed by atoms with Crippen LogP contribution in [0.3, 0.4) is 0 Å². The Morgan fingerprint density at radius 1 is 1.11 bits per heavy atom. The number of amides is 1. The van der Waals surface area contributed by atoms with Gasteiger partial charge in [0, 0.05) is 13.0 Å². The molecule has 3 rings (SSSR count). The molecule has 0 spiro atoms. The highest BCUT2D eigenvalue weighted by Crippen LogP contribution is 2.40. The molecule has 1 heterocycles. The van der Waals surface area contributed by atoms with Gasteiger partial charge in [-0.2, -0.15) is 0 Å². The Balaban J connectivity index is 1.66. The van der Waals surface area contributed by atoms with E-state index >= 15 is 0 Å². The molecule has 1 aliphatic heterocycles. The van der Waals surface area contributed by atoms with Crippen molar-refractivity contribution in [2.24, 2.45) is 0 Å². The van der Waals surface area contributed by atoms with Crippen LogP contribution in [0, 0.1) is 6.92 Å². The van der Waals surface area contributed by atoms with Crippen LogP contribution in [-0.2, 0) is 20.9 Å². The molecule has 0 aliphatic carbocycles. The number of thioether (sulfide) groups is 1. The average molecular weight is 607 g/mol. The summed E-state index contributed by atoms with van der Waals surface area (Å²) in [6.45, 7) is 7.60. The van der Waals surface area contributed by atoms with Gasteiger partial charge in [-0.15, -0.1) is 0 Å². The van der Waals surface area contributed by atoms with Crippen molar-refractivity contribution in [2.45, 2.75) is 53.1 Å². The van der Waals surface area contributed by atoms with E-state index in [2.05, 4.69) is 28.9 Å². The molecule has 198 valence electrons. The first-order chi connectivity index (χ1) is 17.8. The number of unbranched alkanes of at least 4 members (excludes halogenated alkanes) is 2. The van der Waals surface area contributed by atoms with Gasteiger partial charge < -0.3 is 14.2 Å². The van der Waals surface area contributed by atoms with Gasteiger partial charge in [0.25, 0.3) is 5.91 Å². The van der Waals surface area contributed by atoms with Crippen molar-refractivity contribution in [3.05, 3.63) is 62.5 Å². The number of carbonyl (C=O) groups excluding carboxylic acids is 2. The van der Waals surface area contributed by atoms with Crippen LogP contribution in [0.25, 0.3) is 6.08 Å². The number of hydrogen-bond donors (Lipinski definition) is 0. The Hall–Kier alpha value is -2.36. The second-order valence-electron chi connectivity index (χ2n) is 8.43. The fourth-order valence-corrected chi connectivity index (χ4v) is 5.67. The van der Waals surface area contributed by atoms with Crippen molar-refractivity contribution >= 4 is 62.2 Å². The van der Waals surface area contributed by atoms with E-state index in [-0.39, 0.29) is 11.9 Å². The van der Waals surface area contributed by atoms with E-state index in [0.29, 0.717) is 53.5 Å². The fraction of sp³-hybridized carbons (Fsp3) is 0.393. The number of rotatable bonds is 13. The third-order valence-corrected chi connectivity index (χ3v) is 7.67. The zero-order valence-corrected chi connectivity index (χ0v) is 24.6. The summed E-state index contributed by atoms with van der Waals surface area (Å²) in [6, 6.07) is 11.9. The van der Waals surface area contributed by atoms with Gasteiger partial charge in [-0.05, 0) is 84.4 Å². The monoisotopic (exact) mass is 605 g/mol. The van der Waals surface area contributed by atoms with Crippen LogP contribution in [0.5, 0.6) is 11.5 Å². The number of hydrogen-bond acceptors (Lipinski definition) is 7. The summed E-state index contributed by atoms with van der Waals surface area (Å²) >= 11 is 10.4. The number of carbonyl (C=O) groups is 2. The quantitative estimate of drug-likeness (QED) is 0.105. The lowest BCUT2D eigenvalue weighted by molar-refractivity contribution is -0.143. The molecule has 0 N–H and O–H groups in total. The maximum atomic E-state index is 13.0. The molecule has 0 bridgehead atoms. The van der Waals surface area contributed by atoms with Gasteiger partial charge in [-0.3, -0.25) is 14.5 Å². The molecule has 0 saturated carbocycles. The first-order valence-corrected chi connectivity index (χ1v) is 14.4. The van der Waals surface area contributed by atoms with Crippen LogP contribution in [0.1, 0.15) is 56.2 Å². The minimum atomic E-state index is -0.180. The molecule has 1 aliphatic rings. The molecule has 2 aromatic carbocycles. The van der Waals surface area contributed by atoms with E-state index < -0.39 is 0 Å². The Kier molecular flexibility index (Phi) is 11.5. The van der Waals surface area contributed by atoms with Crippen LogP contribution in [0.2, 0.25) is 0 Å². The fourth-order valence-electron chi connectivity index (χ4n) is 3.79. The van der Waals surface area contributed by atoms with E-state index in [4.69, 9.17) is 26.4 Å². The number of ether oxygens (including phenoxy) is 3. The van der Waals surface area contributed by atoms with Crippen LogP contribution in [0.15, 0.2) is 45.8 Å². The van der Waals surface area contributed by atoms with Gasteiger partial charge in [-0.25, -0.2) is 0 Å². The topological polar surface area (TPSA) is 65.1 Å². The van der Waals surface area contributed by atoms with E-state index in [1.165, 1.54) is 11.8 Å². The summed E-state index contributed by atoms with van der Waals surface area (Å²) in [5, 5.41) is 0. The van der Waals surface area contributed by atoms with Crippen molar-refractivity contribution in [1.29, 1.82) is 0 Å². The second kappa shape index (κ2) is 14.5. The standard InChI is InChI=1S/C28H32BrNO5S2/c1-4-33-23-16-20(15-22(29)26(23)35-18-21-12-9-8-11-19(21)3)17-24-27(32)30(28(36)37-24)14-10-6-7-13-25(31)34-5-2/h8-9,11-12,15-17H,4-7,10,13-14,18H2,1-3H3/b24-17-.